The SMILES string of the molecule is Cc1ncc(CN2CCCC(c3ccn[nH]3)C2)cn1. The molecule has 0 amide bonds. The first-order valence-corrected chi connectivity index (χ1v) is 6.80. The summed E-state index contributed by atoms with van der Waals surface area (Å²) in [6, 6.07) is 2.09. The third kappa shape index (κ3) is 2.98. The molecule has 19 heavy (non-hydrogen) atoms. The highest BCUT2D eigenvalue weighted by Crippen LogP contribution is 2.25. The summed E-state index contributed by atoms with van der Waals surface area (Å²) >= 11 is 0. The number of aromatic nitrogens is 4. The summed E-state index contributed by atoms with van der Waals surface area (Å²) in [7, 11) is 0. The number of nitrogens with zero attached hydrogens (tertiary/aromatic N) is 4. The van der Waals surface area contributed by atoms with Crippen molar-refractivity contribution in [3.63, 3.8) is 0 Å². The van der Waals surface area contributed by atoms with Gasteiger partial charge in [-0.25, -0.2) is 9.97 Å². The monoisotopic (exact) mass is 257 g/mol. The lowest BCUT2D eigenvalue weighted by Gasteiger charge is -2.32. The molecule has 3 rings (SSSR count). The topological polar surface area (TPSA) is 57.7 Å². The van der Waals surface area contributed by atoms with E-state index in [9.17, 15) is 0 Å². The number of nitrogens with one attached hydrogen (secondary N) is 1. The maximum Gasteiger partial charge on any atom is 0.125 e. The number of H-pyrrole nitrogens is 1. The van der Waals surface area contributed by atoms with Crippen molar-refractivity contribution in [3.8, 4) is 0 Å². The van der Waals surface area contributed by atoms with Gasteiger partial charge in [-0.2, -0.15) is 5.10 Å². The second-order valence-corrected chi connectivity index (χ2v) is 5.22. The van der Waals surface area contributed by atoms with Gasteiger partial charge in [0.15, 0.2) is 0 Å². The van der Waals surface area contributed by atoms with Gasteiger partial charge in [0.05, 0.1) is 0 Å². The average Bonchev–Trinajstić information content (AvgIpc) is 2.96. The van der Waals surface area contributed by atoms with Gasteiger partial charge >= 0.3 is 0 Å². The lowest BCUT2D eigenvalue weighted by atomic mass is 9.95. The van der Waals surface area contributed by atoms with Crippen molar-refractivity contribution < 1.29 is 0 Å². The van der Waals surface area contributed by atoms with Crippen molar-refractivity contribution in [1.82, 2.24) is 25.1 Å². The molecule has 1 saturated heterocycles. The first kappa shape index (κ1) is 12.3. The maximum atomic E-state index is 4.26. The van der Waals surface area contributed by atoms with Gasteiger partial charge in [-0.05, 0) is 32.4 Å². The Labute approximate surface area is 113 Å². The van der Waals surface area contributed by atoms with Crippen LogP contribution in [0.25, 0.3) is 0 Å². The third-order valence-corrected chi connectivity index (χ3v) is 3.71. The van der Waals surface area contributed by atoms with Crippen molar-refractivity contribution in [1.29, 1.82) is 0 Å². The normalized spacial score (nSPS) is 20.6. The second kappa shape index (κ2) is 5.48. The Morgan fingerprint density at radius 2 is 2.21 bits per heavy atom. The Balaban J connectivity index is 1.64. The molecule has 0 spiro atoms. The van der Waals surface area contributed by atoms with Gasteiger partial charge in [0.1, 0.15) is 5.82 Å². The van der Waals surface area contributed by atoms with Crippen LogP contribution >= 0.6 is 0 Å². The Bertz CT molecular complexity index is 505. The van der Waals surface area contributed by atoms with Gasteiger partial charge < -0.3 is 0 Å². The molecule has 5 nitrogen and oxygen atoms in total. The molecule has 3 heterocycles. The van der Waals surface area contributed by atoms with Gasteiger partial charge in [0, 0.05) is 48.9 Å². The van der Waals surface area contributed by atoms with Crippen LogP contribution in [-0.2, 0) is 6.54 Å². The zero-order chi connectivity index (χ0) is 13.1. The number of rotatable bonds is 3. The van der Waals surface area contributed by atoms with E-state index in [0.29, 0.717) is 5.92 Å². The molecular formula is C14H19N5. The summed E-state index contributed by atoms with van der Waals surface area (Å²) < 4.78 is 0. The number of hydrogen-bond donors (Lipinski definition) is 1. The van der Waals surface area contributed by atoms with E-state index in [1.807, 2.05) is 25.5 Å². The summed E-state index contributed by atoms with van der Waals surface area (Å²) in [5, 5.41) is 7.15. The highest BCUT2D eigenvalue weighted by molar-refractivity contribution is 5.09. The third-order valence-electron chi connectivity index (χ3n) is 3.71. The molecule has 0 radical (unpaired) electrons. The minimum absolute atomic E-state index is 0.572. The fourth-order valence-electron chi connectivity index (χ4n) is 2.71. The van der Waals surface area contributed by atoms with Gasteiger partial charge in [0.25, 0.3) is 0 Å². The number of aromatic amines is 1. The van der Waals surface area contributed by atoms with E-state index in [1.165, 1.54) is 24.1 Å². The molecule has 1 N–H and O–H groups in total. The molecular weight excluding hydrogens is 238 g/mol. The zero-order valence-corrected chi connectivity index (χ0v) is 11.2. The van der Waals surface area contributed by atoms with E-state index in [4.69, 9.17) is 0 Å². The van der Waals surface area contributed by atoms with Gasteiger partial charge in [-0.3, -0.25) is 10.00 Å². The molecule has 1 fully saturated rings. The molecule has 5 heteroatoms. The molecule has 1 aliphatic heterocycles. The van der Waals surface area contributed by atoms with Crippen LogP contribution in [-0.4, -0.2) is 38.2 Å². The lowest BCUT2D eigenvalue weighted by molar-refractivity contribution is 0.198. The molecule has 0 aliphatic carbocycles. The van der Waals surface area contributed by atoms with Crippen LogP contribution in [0.2, 0.25) is 0 Å². The fourth-order valence-corrected chi connectivity index (χ4v) is 2.71. The van der Waals surface area contributed by atoms with E-state index < -0.39 is 0 Å². The predicted molar refractivity (Wildman–Crippen MR) is 72.6 cm³/mol. The Morgan fingerprint density at radius 3 is 2.95 bits per heavy atom. The van der Waals surface area contributed by atoms with E-state index in [0.717, 1.165) is 25.5 Å². The predicted octanol–water partition coefficient (Wildman–Crippen LogP) is 1.89. The van der Waals surface area contributed by atoms with Gasteiger partial charge in [-0.1, -0.05) is 0 Å². The van der Waals surface area contributed by atoms with E-state index >= 15 is 0 Å². The highest BCUT2D eigenvalue weighted by atomic mass is 15.1. The number of likely N-dealkylation sites (tertiary alicyclic amines) is 1. The standard InChI is InChI=1S/C14H19N5/c1-11-15-7-12(8-16-11)9-19-6-2-3-13(10-19)14-4-5-17-18-14/h4-5,7-8,13H,2-3,6,9-10H2,1H3,(H,17,18). The van der Waals surface area contributed by atoms with Crippen molar-refractivity contribution in [3.05, 3.63) is 41.7 Å². The zero-order valence-electron chi connectivity index (χ0n) is 11.2. The minimum Gasteiger partial charge on any atom is -0.298 e. The minimum atomic E-state index is 0.572. The van der Waals surface area contributed by atoms with Crippen LogP contribution in [0.3, 0.4) is 0 Å². The van der Waals surface area contributed by atoms with Crippen LogP contribution in [0.1, 0.15) is 35.8 Å². The molecule has 0 aromatic carbocycles. The van der Waals surface area contributed by atoms with Gasteiger partial charge in [0.2, 0.25) is 0 Å². The van der Waals surface area contributed by atoms with Crippen molar-refractivity contribution in [2.45, 2.75) is 32.2 Å². The first-order chi connectivity index (χ1) is 9.31. The van der Waals surface area contributed by atoms with Crippen LogP contribution in [0.4, 0.5) is 0 Å². The van der Waals surface area contributed by atoms with Crippen molar-refractivity contribution in [2.24, 2.45) is 0 Å². The van der Waals surface area contributed by atoms with E-state index in [-0.39, 0.29) is 0 Å². The van der Waals surface area contributed by atoms with E-state index in [1.54, 1.807) is 0 Å². The number of hydrogen-bond acceptors (Lipinski definition) is 4. The highest BCUT2D eigenvalue weighted by Gasteiger charge is 2.22. The van der Waals surface area contributed by atoms with Gasteiger partial charge in [-0.15, -0.1) is 0 Å². The lowest BCUT2D eigenvalue weighted by Crippen LogP contribution is -2.34. The molecule has 0 bridgehead atoms. The number of aryl methyl sites for hydroxylation is 1. The second-order valence-electron chi connectivity index (χ2n) is 5.22. The molecule has 0 saturated carbocycles. The Hall–Kier alpha value is -1.75. The fraction of sp³-hybridized carbons (Fsp3) is 0.500. The van der Waals surface area contributed by atoms with Crippen LogP contribution in [0.15, 0.2) is 24.7 Å². The van der Waals surface area contributed by atoms with E-state index in [2.05, 4.69) is 31.1 Å². The van der Waals surface area contributed by atoms with Crippen LogP contribution in [0, 0.1) is 6.92 Å². The summed E-state index contributed by atoms with van der Waals surface area (Å²) in [4.78, 5) is 11.0. The number of piperidine rings is 1. The molecule has 2 aromatic heterocycles. The largest absolute Gasteiger partial charge is 0.298 e. The van der Waals surface area contributed by atoms with Crippen molar-refractivity contribution in [2.75, 3.05) is 13.1 Å². The Kier molecular flexibility index (Phi) is 3.55. The van der Waals surface area contributed by atoms with Crippen molar-refractivity contribution >= 4 is 0 Å². The average molecular weight is 257 g/mol. The summed E-state index contributed by atoms with van der Waals surface area (Å²) in [5.41, 5.74) is 2.45. The molecule has 1 atom stereocenters. The summed E-state index contributed by atoms with van der Waals surface area (Å²) in [6.45, 7) is 5.08. The molecule has 100 valence electrons. The summed E-state index contributed by atoms with van der Waals surface area (Å²) in [6.07, 6.45) is 8.17. The smallest absolute Gasteiger partial charge is 0.125 e. The first-order valence-electron chi connectivity index (χ1n) is 6.80. The molecule has 1 unspecified atom stereocenters. The van der Waals surface area contributed by atoms with Crippen LogP contribution in [0.5, 0.6) is 0 Å². The molecule has 2 aromatic rings. The quantitative estimate of drug-likeness (QED) is 0.912. The Morgan fingerprint density at radius 1 is 1.37 bits per heavy atom. The maximum absolute atomic E-state index is 4.26. The van der Waals surface area contributed by atoms with Crippen LogP contribution < -0.4 is 0 Å². The summed E-state index contributed by atoms with van der Waals surface area (Å²) in [5.74, 6) is 1.40. The molecule has 1 aliphatic rings.